The molecule has 0 radical (unpaired) electrons. The minimum absolute atomic E-state index is 0.0198. The zero-order valence-corrected chi connectivity index (χ0v) is 10.5. The zero-order chi connectivity index (χ0) is 11.1. The van der Waals surface area contributed by atoms with E-state index in [1.54, 1.807) is 0 Å². The first-order chi connectivity index (χ1) is 6.45. The normalized spacial score (nSPS) is 12.5. The molecule has 0 bridgehead atoms. The lowest BCUT2D eigenvalue weighted by Gasteiger charge is -2.14. The predicted molar refractivity (Wildman–Crippen MR) is 61.0 cm³/mol. The standard InChI is InChI=1S/C6H12Br2N4O2/c7-12(8)4(5(13)14)2-1-3-11-6(9)10/h4H,1-3H2,(H,13,14)(H4,9,10,11)/t4-/m0/s1. The number of rotatable bonds is 6. The van der Waals surface area contributed by atoms with Gasteiger partial charge < -0.3 is 16.6 Å². The van der Waals surface area contributed by atoms with E-state index in [4.69, 9.17) is 16.6 Å². The van der Waals surface area contributed by atoms with Crippen LogP contribution in [-0.2, 0) is 4.79 Å². The van der Waals surface area contributed by atoms with Gasteiger partial charge in [-0.05, 0) is 12.8 Å². The smallest absolute Gasteiger partial charge is 0.322 e. The molecule has 0 fully saturated rings. The van der Waals surface area contributed by atoms with Crippen LogP contribution in [0.5, 0.6) is 0 Å². The summed E-state index contributed by atoms with van der Waals surface area (Å²) >= 11 is 6.01. The first-order valence-electron chi connectivity index (χ1n) is 3.84. The molecule has 6 nitrogen and oxygen atoms in total. The molecule has 5 N–H and O–H groups in total. The highest BCUT2D eigenvalue weighted by Crippen LogP contribution is 2.16. The Labute approximate surface area is 99.0 Å². The van der Waals surface area contributed by atoms with E-state index >= 15 is 0 Å². The topological polar surface area (TPSA) is 105 Å². The van der Waals surface area contributed by atoms with Gasteiger partial charge in [0.2, 0.25) is 0 Å². The molecule has 0 rings (SSSR count). The van der Waals surface area contributed by atoms with Crippen LogP contribution >= 0.6 is 32.3 Å². The zero-order valence-electron chi connectivity index (χ0n) is 7.36. The Balaban J connectivity index is 3.84. The molecule has 0 unspecified atom stereocenters. The van der Waals surface area contributed by atoms with Crippen molar-refractivity contribution < 1.29 is 9.90 Å². The van der Waals surface area contributed by atoms with E-state index in [2.05, 4.69) is 37.3 Å². The van der Waals surface area contributed by atoms with Crippen molar-refractivity contribution in [3.8, 4) is 0 Å². The lowest BCUT2D eigenvalue weighted by atomic mass is 10.2. The summed E-state index contributed by atoms with van der Waals surface area (Å²) in [5.74, 6) is -0.894. The lowest BCUT2D eigenvalue weighted by molar-refractivity contribution is -0.140. The Morgan fingerprint density at radius 1 is 1.50 bits per heavy atom. The van der Waals surface area contributed by atoms with Gasteiger partial charge in [0.05, 0.1) is 0 Å². The molecule has 1 atom stereocenters. The maximum atomic E-state index is 10.7. The average Bonchev–Trinajstić information content (AvgIpc) is 2.01. The molecule has 0 saturated carbocycles. The number of hydrogen-bond donors (Lipinski definition) is 3. The number of halogens is 2. The molecule has 0 aliphatic carbocycles. The fourth-order valence-corrected chi connectivity index (χ4v) is 1.56. The van der Waals surface area contributed by atoms with Crippen LogP contribution < -0.4 is 11.5 Å². The average molecular weight is 332 g/mol. The quantitative estimate of drug-likeness (QED) is 0.283. The molecule has 0 aromatic heterocycles. The lowest BCUT2D eigenvalue weighted by Crippen LogP contribution is -2.29. The van der Waals surface area contributed by atoms with E-state index in [0.29, 0.717) is 19.4 Å². The highest BCUT2D eigenvalue weighted by molar-refractivity contribution is 9.21. The van der Waals surface area contributed by atoms with Crippen LogP contribution in [0, 0.1) is 0 Å². The highest BCUT2D eigenvalue weighted by Gasteiger charge is 2.21. The van der Waals surface area contributed by atoms with Crippen molar-refractivity contribution >= 4 is 44.2 Å². The van der Waals surface area contributed by atoms with E-state index in [-0.39, 0.29) is 5.96 Å². The number of carbonyl (C=O) groups is 1. The molecule has 0 aliphatic rings. The summed E-state index contributed by atoms with van der Waals surface area (Å²) in [4.78, 5) is 14.4. The van der Waals surface area contributed by atoms with E-state index < -0.39 is 12.0 Å². The number of aliphatic imine (C=N–C) groups is 1. The highest BCUT2D eigenvalue weighted by atomic mass is 79.9. The van der Waals surface area contributed by atoms with Crippen LogP contribution in [0.4, 0.5) is 0 Å². The van der Waals surface area contributed by atoms with Gasteiger partial charge in [-0.3, -0.25) is 9.79 Å². The van der Waals surface area contributed by atoms with Crippen molar-refractivity contribution in [2.24, 2.45) is 16.5 Å². The number of carboxylic acid groups (broad SMARTS) is 1. The van der Waals surface area contributed by atoms with Crippen molar-refractivity contribution in [1.82, 2.24) is 2.95 Å². The summed E-state index contributed by atoms with van der Waals surface area (Å²) in [7, 11) is 0. The van der Waals surface area contributed by atoms with Crippen molar-refractivity contribution in [2.45, 2.75) is 18.9 Å². The number of guanidine groups is 1. The summed E-state index contributed by atoms with van der Waals surface area (Å²) in [6.45, 7) is 0.431. The molecule has 0 aromatic rings. The second-order valence-corrected chi connectivity index (χ2v) is 5.04. The molecule has 0 aromatic carbocycles. The maximum absolute atomic E-state index is 10.7. The third kappa shape index (κ3) is 6.17. The van der Waals surface area contributed by atoms with Crippen molar-refractivity contribution in [3.05, 3.63) is 0 Å². The minimum Gasteiger partial charge on any atom is -0.480 e. The maximum Gasteiger partial charge on any atom is 0.322 e. The van der Waals surface area contributed by atoms with Gasteiger partial charge in [-0.15, -0.1) is 0 Å². The van der Waals surface area contributed by atoms with E-state index in [0.717, 1.165) is 0 Å². The molecule has 82 valence electrons. The molecular weight excluding hydrogens is 320 g/mol. The van der Waals surface area contributed by atoms with Crippen LogP contribution in [0.3, 0.4) is 0 Å². The third-order valence-electron chi connectivity index (χ3n) is 1.45. The molecule has 0 amide bonds. The number of hydrogen-bond acceptors (Lipinski definition) is 3. The molecule has 0 saturated heterocycles. The number of aliphatic carboxylic acids is 1. The van der Waals surface area contributed by atoms with Crippen molar-refractivity contribution in [1.29, 1.82) is 0 Å². The second-order valence-electron chi connectivity index (χ2n) is 2.56. The number of carboxylic acids is 1. The van der Waals surface area contributed by atoms with Gasteiger partial charge in [0.15, 0.2) is 5.96 Å². The van der Waals surface area contributed by atoms with Crippen LogP contribution in [0.15, 0.2) is 4.99 Å². The number of nitrogens with zero attached hydrogens (tertiary/aromatic N) is 2. The molecule has 0 spiro atoms. The Kier molecular flexibility index (Phi) is 6.85. The summed E-state index contributed by atoms with van der Waals surface area (Å²) in [5.41, 5.74) is 10.2. The first kappa shape index (κ1) is 13.7. The monoisotopic (exact) mass is 330 g/mol. The summed E-state index contributed by atoms with van der Waals surface area (Å²) in [6, 6.07) is -0.635. The van der Waals surface area contributed by atoms with Crippen molar-refractivity contribution in [3.63, 3.8) is 0 Å². The summed E-state index contributed by atoms with van der Waals surface area (Å²) in [6.07, 6.45) is 1.05. The third-order valence-corrected chi connectivity index (χ3v) is 2.44. The molecule has 8 heteroatoms. The predicted octanol–water partition coefficient (Wildman–Crippen LogP) is 0.415. The van der Waals surface area contributed by atoms with E-state index in [1.807, 2.05) is 0 Å². The van der Waals surface area contributed by atoms with E-state index in [1.165, 1.54) is 2.95 Å². The van der Waals surface area contributed by atoms with Gasteiger partial charge >= 0.3 is 5.97 Å². The number of nitrogens with two attached hydrogens (primary N) is 2. The summed E-state index contributed by atoms with van der Waals surface area (Å²) in [5, 5.41) is 8.77. The Bertz CT molecular complexity index is 218. The van der Waals surface area contributed by atoms with Crippen LogP contribution in [0.2, 0.25) is 0 Å². The molecule has 0 heterocycles. The Hall–Kier alpha value is -0.340. The Morgan fingerprint density at radius 2 is 2.07 bits per heavy atom. The van der Waals surface area contributed by atoms with Gasteiger partial charge in [-0.2, -0.15) is 2.95 Å². The van der Waals surface area contributed by atoms with Crippen molar-refractivity contribution in [2.75, 3.05) is 6.54 Å². The first-order valence-corrected chi connectivity index (χ1v) is 5.26. The summed E-state index contributed by atoms with van der Waals surface area (Å²) < 4.78 is 1.29. The van der Waals surface area contributed by atoms with Crippen LogP contribution in [-0.4, -0.2) is 32.6 Å². The molecular formula is C6H12Br2N4O2. The van der Waals surface area contributed by atoms with Crippen LogP contribution in [0.25, 0.3) is 0 Å². The molecule has 14 heavy (non-hydrogen) atoms. The van der Waals surface area contributed by atoms with Crippen LogP contribution in [0.1, 0.15) is 12.8 Å². The van der Waals surface area contributed by atoms with Gasteiger partial charge in [0.25, 0.3) is 0 Å². The second kappa shape index (κ2) is 7.02. The van der Waals surface area contributed by atoms with Gasteiger partial charge in [-0.25, -0.2) is 0 Å². The van der Waals surface area contributed by atoms with Gasteiger partial charge in [-0.1, -0.05) is 0 Å². The molecule has 0 aliphatic heterocycles. The minimum atomic E-state index is -0.913. The fourth-order valence-electron chi connectivity index (χ4n) is 0.797. The Morgan fingerprint density at radius 3 is 2.43 bits per heavy atom. The van der Waals surface area contributed by atoms with E-state index in [9.17, 15) is 4.79 Å². The SMILES string of the molecule is NC(N)=NCCC[C@@H](C(=O)O)N(Br)Br. The van der Waals surface area contributed by atoms with Gasteiger partial charge in [0.1, 0.15) is 6.04 Å². The fraction of sp³-hybridized carbons (Fsp3) is 0.667. The largest absolute Gasteiger partial charge is 0.480 e. The van der Waals surface area contributed by atoms with Gasteiger partial charge in [0, 0.05) is 38.8 Å².